The normalized spacial score (nSPS) is 11.6. The van der Waals surface area contributed by atoms with Crippen molar-refractivity contribution >= 4 is 0 Å². The highest BCUT2D eigenvalue weighted by Crippen LogP contribution is 2.25. The second kappa shape index (κ2) is 6.09. The maximum atomic E-state index is 13.2. The van der Waals surface area contributed by atoms with Crippen LogP contribution in [-0.4, -0.2) is 15.8 Å². The van der Waals surface area contributed by atoms with Crippen molar-refractivity contribution in [1.82, 2.24) is 15.1 Å². The van der Waals surface area contributed by atoms with Crippen LogP contribution < -0.4 is 5.32 Å². The molecule has 0 amide bonds. The van der Waals surface area contributed by atoms with Crippen LogP contribution in [0.15, 0.2) is 30.5 Å². The van der Waals surface area contributed by atoms with Crippen LogP contribution in [0.2, 0.25) is 0 Å². The van der Waals surface area contributed by atoms with Crippen molar-refractivity contribution in [3.05, 3.63) is 47.5 Å². The number of hydrogen-bond donors (Lipinski definition) is 1. The van der Waals surface area contributed by atoms with E-state index in [1.54, 1.807) is 0 Å². The van der Waals surface area contributed by atoms with Gasteiger partial charge in [0.15, 0.2) is 0 Å². The summed E-state index contributed by atoms with van der Waals surface area (Å²) in [5.74, 6) is -0.416. The molecule has 1 N–H and O–H groups in total. The van der Waals surface area contributed by atoms with Crippen LogP contribution in [0.5, 0.6) is 0 Å². The van der Waals surface area contributed by atoms with Crippen LogP contribution in [0.4, 0.5) is 13.2 Å². The fourth-order valence-corrected chi connectivity index (χ4v) is 1.86. The molecule has 0 saturated carbocycles. The van der Waals surface area contributed by atoms with E-state index in [9.17, 15) is 13.2 Å². The van der Waals surface area contributed by atoms with Crippen molar-refractivity contribution in [3.63, 3.8) is 0 Å². The van der Waals surface area contributed by atoms with Gasteiger partial charge in [-0.3, -0.25) is 0 Å². The zero-order valence-electron chi connectivity index (χ0n) is 11.3. The number of rotatable bonds is 5. The lowest BCUT2D eigenvalue weighted by Crippen LogP contribution is -2.22. The number of benzene rings is 1. The van der Waals surface area contributed by atoms with E-state index >= 15 is 0 Å². The van der Waals surface area contributed by atoms with Crippen LogP contribution in [0.1, 0.15) is 31.5 Å². The molecule has 1 aromatic carbocycles. The first-order chi connectivity index (χ1) is 9.49. The van der Waals surface area contributed by atoms with Gasteiger partial charge >= 0.3 is 0 Å². The molecule has 2 rings (SSSR count). The van der Waals surface area contributed by atoms with Crippen LogP contribution in [0.3, 0.4) is 0 Å². The van der Waals surface area contributed by atoms with E-state index in [1.165, 1.54) is 30.5 Å². The Balaban J connectivity index is 2.36. The lowest BCUT2D eigenvalue weighted by molar-refractivity contribution is 0.141. The quantitative estimate of drug-likeness (QED) is 0.911. The third-order valence-electron chi connectivity index (χ3n) is 2.86. The van der Waals surface area contributed by atoms with Crippen LogP contribution in [0, 0.1) is 5.82 Å². The Morgan fingerprint density at radius 3 is 2.40 bits per heavy atom. The SMILES string of the molecule is CC(C)NCc1cnn(-c2ccc(F)cc2)c1C(F)F. The number of nitrogens with zero attached hydrogens (tertiary/aromatic N) is 2. The third kappa shape index (κ3) is 3.19. The molecular weight excluding hydrogens is 267 g/mol. The van der Waals surface area contributed by atoms with Crippen molar-refractivity contribution in [2.24, 2.45) is 0 Å². The summed E-state index contributed by atoms with van der Waals surface area (Å²) in [4.78, 5) is 0. The molecule has 0 spiro atoms. The Morgan fingerprint density at radius 1 is 1.20 bits per heavy atom. The maximum Gasteiger partial charge on any atom is 0.280 e. The number of halogens is 3. The Bertz CT molecular complexity index is 562. The van der Waals surface area contributed by atoms with Crippen LogP contribution in [0.25, 0.3) is 5.69 Å². The highest BCUT2D eigenvalue weighted by Gasteiger charge is 2.20. The Labute approximate surface area is 115 Å². The van der Waals surface area contributed by atoms with E-state index < -0.39 is 12.2 Å². The monoisotopic (exact) mass is 283 g/mol. The molecule has 0 aliphatic rings. The second-order valence-corrected chi connectivity index (χ2v) is 4.78. The number of nitrogens with one attached hydrogen (secondary N) is 1. The third-order valence-corrected chi connectivity index (χ3v) is 2.86. The smallest absolute Gasteiger partial charge is 0.280 e. The largest absolute Gasteiger partial charge is 0.310 e. The van der Waals surface area contributed by atoms with Crippen LogP contribution >= 0.6 is 0 Å². The molecule has 3 nitrogen and oxygen atoms in total. The van der Waals surface area contributed by atoms with E-state index in [4.69, 9.17) is 0 Å². The highest BCUT2D eigenvalue weighted by molar-refractivity contribution is 5.35. The summed E-state index contributed by atoms with van der Waals surface area (Å²) in [5, 5.41) is 7.07. The molecule has 2 aromatic rings. The van der Waals surface area contributed by atoms with Gasteiger partial charge < -0.3 is 5.32 Å². The molecule has 0 aliphatic heterocycles. The molecule has 0 radical (unpaired) electrons. The minimum Gasteiger partial charge on any atom is -0.310 e. The van der Waals surface area contributed by atoms with E-state index in [0.29, 0.717) is 17.8 Å². The summed E-state index contributed by atoms with van der Waals surface area (Å²) < 4.78 is 40.5. The van der Waals surface area contributed by atoms with E-state index in [0.717, 1.165) is 4.68 Å². The molecule has 0 aliphatic carbocycles. The van der Waals surface area contributed by atoms with Gasteiger partial charge in [0.2, 0.25) is 0 Å². The van der Waals surface area contributed by atoms with Crippen molar-refractivity contribution in [1.29, 1.82) is 0 Å². The molecule has 0 atom stereocenters. The number of alkyl halides is 2. The van der Waals surface area contributed by atoms with E-state index in [-0.39, 0.29) is 11.7 Å². The molecule has 0 fully saturated rings. The van der Waals surface area contributed by atoms with Gasteiger partial charge in [0.25, 0.3) is 6.43 Å². The first-order valence-electron chi connectivity index (χ1n) is 6.33. The summed E-state index contributed by atoms with van der Waals surface area (Å²) in [6.07, 6.45) is -1.23. The topological polar surface area (TPSA) is 29.9 Å². The average molecular weight is 283 g/mol. The van der Waals surface area contributed by atoms with Gasteiger partial charge in [0.05, 0.1) is 11.9 Å². The molecule has 1 heterocycles. The summed E-state index contributed by atoms with van der Waals surface area (Å²) >= 11 is 0. The van der Waals surface area contributed by atoms with Gasteiger partial charge in [-0.25, -0.2) is 17.9 Å². The Hall–Kier alpha value is -1.82. The summed E-state index contributed by atoms with van der Waals surface area (Å²) in [6.45, 7) is 4.19. The standard InChI is InChI=1S/C14H16F3N3/c1-9(2)18-7-10-8-19-20(13(10)14(16)17)12-5-3-11(15)4-6-12/h3-6,8-9,14,18H,7H2,1-2H3. The van der Waals surface area contributed by atoms with Crippen LogP contribution in [-0.2, 0) is 6.54 Å². The molecule has 0 saturated heterocycles. The predicted octanol–water partition coefficient (Wildman–Crippen LogP) is 3.45. The number of hydrogen-bond acceptors (Lipinski definition) is 2. The van der Waals surface area contributed by atoms with Crippen molar-refractivity contribution in [3.8, 4) is 5.69 Å². The van der Waals surface area contributed by atoms with Crippen molar-refractivity contribution in [2.75, 3.05) is 0 Å². The van der Waals surface area contributed by atoms with Gasteiger partial charge in [0, 0.05) is 18.2 Å². The Morgan fingerprint density at radius 2 is 1.85 bits per heavy atom. The fraction of sp³-hybridized carbons (Fsp3) is 0.357. The van der Waals surface area contributed by atoms with Gasteiger partial charge in [0.1, 0.15) is 11.5 Å². The molecule has 0 bridgehead atoms. The molecular formula is C14H16F3N3. The van der Waals surface area contributed by atoms with Gasteiger partial charge in [-0.2, -0.15) is 5.10 Å². The predicted molar refractivity (Wildman–Crippen MR) is 70.5 cm³/mol. The molecule has 1 aromatic heterocycles. The average Bonchev–Trinajstić information content (AvgIpc) is 2.81. The molecule has 108 valence electrons. The van der Waals surface area contributed by atoms with Crippen molar-refractivity contribution in [2.45, 2.75) is 32.9 Å². The molecule has 0 unspecified atom stereocenters. The van der Waals surface area contributed by atoms with Gasteiger partial charge in [-0.05, 0) is 24.3 Å². The summed E-state index contributed by atoms with van der Waals surface area (Å²) in [7, 11) is 0. The molecule has 6 heteroatoms. The highest BCUT2D eigenvalue weighted by atomic mass is 19.3. The van der Waals surface area contributed by atoms with E-state index in [2.05, 4.69) is 10.4 Å². The summed E-state index contributed by atoms with van der Waals surface area (Å²) in [6, 6.07) is 5.48. The minimum atomic E-state index is -2.65. The minimum absolute atomic E-state index is 0.162. The number of aromatic nitrogens is 2. The van der Waals surface area contributed by atoms with Gasteiger partial charge in [-0.15, -0.1) is 0 Å². The fourth-order valence-electron chi connectivity index (χ4n) is 1.86. The van der Waals surface area contributed by atoms with E-state index in [1.807, 2.05) is 13.8 Å². The maximum absolute atomic E-state index is 13.2. The zero-order valence-corrected chi connectivity index (χ0v) is 11.3. The first-order valence-corrected chi connectivity index (χ1v) is 6.33. The Kier molecular flexibility index (Phi) is 4.44. The van der Waals surface area contributed by atoms with Gasteiger partial charge in [-0.1, -0.05) is 13.8 Å². The molecule has 20 heavy (non-hydrogen) atoms. The first kappa shape index (κ1) is 14.6. The lowest BCUT2D eigenvalue weighted by atomic mass is 10.2. The zero-order chi connectivity index (χ0) is 14.7. The second-order valence-electron chi connectivity index (χ2n) is 4.78. The lowest BCUT2D eigenvalue weighted by Gasteiger charge is -2.11. The summed E-state index contributed by atoms with van der Waals surface area (Å²) in [5.41, 5.74) is 0.695. The van der Waals surface area contributed by atoms with Crippen molar-refractivity contribution < 1.29 is 13.2 Å².